The first-order valence-electron chi connectivity index (χ1n) is 7.04. The van der Waals surface area contributed by atoms with E-state index in [4.69, 9.17) is 11.6 Å². The fraction of sp³-hybridized carbons (Fsp3) is 0.500. The number of hydrogen-bond donors (Lipinski definition) is 1. The summed E-state index contributed by atoms with van der Waals surface area (Å²) in [6.45, 7) is 2.49. The van der Waals surface area contributed by atoms with Crippen molar-refractivity contribution in [2.24, 2.45) is 0 Å². The molecule has 116 valence electrons. The normalized spacial score (nSPS) is 17.0. The molecule has 1 saturated heterocycles. The van der Waals surface area contributed by atoms with Gasteiger partial charge in [0.2, 0.25) is 15.9 Å². The van der Waals surface area contributed by atoms with Crippen molar-refractivity contribution in [3.05, 3.63) is 23.2 Å². The molecule has 1 N–H and O–H groups in total. The van der Waals surface area contributed by atoms with Crippen LogP contribution in [0.2, 0.25) is 5.02 Å². The summed E-state index contributed by atoms with van der Waals surface area (Å²) in [7, 11) is -3.22. The third-order valence-electron chi connectivity index (χ3n) is 3.37. The first kappa shape index (κ1) is 16.1. The van der Waals surface area contributed by atoms with Crippen LogP contribution in [0.1, 0.15) is 32.6 Å². The third kappa shape index (κ3) is 3.89. The van der Waals surface area contributed by atoms with Gasteiger partial charge in [-0.1, -0.05) is 24.9 Å². The van der Waals surface area contributed by atoms with Crippen LogP contribution in [0.4, 0.5) is 11.4 Å². The number of carbonyl (C=O) groups excluding carboxylic acids is 1. The van der Waals surface area contributed by atoms with E-state index in [9.17, 15) is 13.2 Å². The van der Waals surface area contributed by atoms with Gasteiger partial charge >= 0.3 is 0 Å². The van der Waals surface area contributed by atoms with Gasteiger partial charge < -0.3 is 5.32 Å². The van der Waals surface area contributed by atoms with Gasteiger partial charge in [-0.25, -0.2) is 8.42 Å². The van der Waals surface area contributed by atoms with Gasteiger partial charge in [0, 0.05) is 13.0 Å². The van der Waals surface area contributed by atoms with E-state index >= 15 is 0 Å². The number of anilines is 2. The van der Waals surface area contributed by atoms with Gasteiger partial charge in [-0.15, -0.1) is 0 Å². The second kappa shape index (κ2) is 6.66. The molecular formula is C14H19ClN2O3S. The molecule has 0 aliphatic carbocycles. The summed E-state index contributed by atoms with van der Waals surface area (Å²) < 4.78 is 25.1. The molecule has 1 amide bonds. The number of halogens is 1. The van der Waals surface area contributed by atoms with Crippen molar-refractivity contribution in [2.75, 3.05) is 21.9 Å². The van der Waals surface area contributed by atoms with Crippen LogP contribution in [0.25, 0.3) is 0 Å². The molecular weight excluding hydrogens is 312 g/mol. The molecule has 0 bridgehead atoms. The first-order chi connectivity index (χ1) is 9.94. The van der Waals surface area contributed by atoms with Crippen LogP contribution in [0.3, 0.4) is 0 Å². The summed E-state index contributed by atoms with van der Waals surface area (Å²) in [5, 5.41) is 3.09. The molecule has 5 nitrogen and oxygen atoms in total. The van der Waals surface area contributed by atoms with Gasteiger partial charge in [0.1, 0.15) is 0 Å². The van der Waals surface area contributed by atoms with Gasteiger partial charge in [0.25, 0.3) is 0 Å². The number of benzene rings is 1. The molecule has 1 aromatic rings. The Labute approximate surface area is 130 Å². The minimum Gasteiger partial charge on any atom is -0.325 e. The second-order valence-electron chi connectivity index (χ2n) is 5.06. The van der Waals surface area contributed by atoms with Crippen molar-refractivity contribution >= 4 is 38.9 Å². The van der Waals surface area contributed by atoms with Crippen molar-refractivity contribution in [1.82, 2.24) is 0 Å². The molecule has 0 aromatic heterocycles. The van der Waals surface area contributed by atoms with E-state index in [0.29, 0.717) is 35.8 Å². The summed E-state index contributed by atoms with van der Waals surface area (Å²) in [6.07, 6.45) is 2.85. The smallest absolute Gasteiger partial charge is 0.235 e. The number of nitrogens with one attached hydrogen (secondary N) is 1. The Morgan fingerprint density at radius 3 is 2.76 bits per heavy atom. The monoisotopic (exact) mass is 330 g/mol. The highest BCUT2D eigenvalue weighted by Crippen LogP contribution is 2.31. The molecule has 0 atom stereocenters. The molecule has 1 heterocycles. The van der Waals surface area contributed by atoms with Crippen LogP contribution in [-0.2, 0) is 14.8 Å². The minimum absolute atomic E-state index is 0.0831. The Hall–Kier alpha value is -1.27. The van der Waals surface area contributed by atoms with Gasteiger partial charge in [0.05, 0.1) is 22.2 Å². The predicted octanol–water partition coefficient (Wildman–Crippen LogP) is 3.01. The van der Waals surface area contributed by atoms with E-state index in [0.717, 1.165) is 12.8 Å². The summed E-state index contributed by atoms with van der Waals surface area (Å²) in [4.78, 5) is 11.7. The topological polar surface area (TPSA) is 66.5 Å². The van der Waals surface area contributed by atoms with E-state index < -0.39 is 10.0 Å². The highest BCUT2D eigenvalue weighted by Gasteiger charge is 2.28. The fourth-order valence-corrected chi connectivity index (χ4v) is 4.02. The number of amides is 1. The van der Waals surface area contributed by atoms with Gasteiger partial charge in [-0.3, -0.25) is 9.10 Å². The Morgan fingerprint density at radius 2 is 2.19 bits per heavy atom. The number of carbonyl (C=O) groups is 1. The Morgan fingerprint density at radius 1 is 1.43 bits per heavy atom. The highest BCUT2D eigenvalue weighted by atomic mass is 35.5. The standard InChI is InChI=1S/C14H19ClN2O3S/c1-2-3-5-14(18)16-13-7-6-11(10-12(13)15)17-8-4-9-21(17,19)20/h6-7,10H,2-5,8-9H2,1H3,(H,16,18). The SMILES string of the molecule is CCCCC(=O)Nc1ccc(N2CCCS2(=O)=O)cc1Cl. The molecule has 2 rings (SSSR count). The predicted molar refractivity (Wildman–Crippen MR) is 85.4 cm³/mol. The number of sulfonamides is 1. The van der Waals surface area contributed by atoms with Gasteiger partial charge in [0.15, 0.2) is 0 Å². The maximum atomic E-state index is 11.9. The number of unbranched alkanes of at least 4 members (excludes halogenated alkanes) is 1. The number of hydrogen-bond acceptors (Lipinski definition) is 3. The van der Waals surface area contributed by atoms with Crippen molar-refractivity contribution in [2.45, 2.75) is 32.6 Å². The molecule has 1 aliphatic rings. The lowest BCUT2D eigenvalue weighted by Gasteiger charge is -2.18. The number of nitrogens with zero attached hydrogens (tertiary/aromatic N) is 1. The van der Waals surface area contributed by atoms with Gasteiger partial charge in [-0.05, 0) is 31.0 Å². The summed E-state index contributed by atoms with van der Waals surface area (Å²) in [5.74, 6) is 0.0837. The van der Waals surface area contributed by atoms with E-state index in [1.165, 1.54) is 4.31 Å². The first-order valence-corrected chi connectivity index (χ1v) is 9.02. The Balaban J connectivity index is 2.13. The molecule has 21 heavy (non-hydrogen) atoms. The number of rotatable bonds is 5. The van der Waals surface area contributed by atoms with Crippen molar-refractivity contribution in [1.29, 1.82) is 0 Å². The molecule has 0 unspecified atom stereocenters. The summed E-state index contributed by atoms with van der Waals surface area (Å²) in [5.41, 5.74) is 1.06. The zero-order chi connectivity index (χ0) is 15.5. The molecule has 1 aromatic carbocycles. The Bertz CT molecular complexity index is 631. The molecule has 7 heteroatoms. The highest BCUT2D eigenvalue weighted by molar-refractivity contribution is 7.93. The molecule has 0 spiro atoms. The lowest BCUT2D eigenvalue weighted by atomic mass is 10.2. The van der Waals surface area contributed by atoms with E-state index in [1.807, 2.05) is 6.92 Å². The second-order valence-corrected chi connectivity index (χ2v) is 7.48. The van der Waals surface area contributed by atoms with Gasteiger partial charge in [-0.2, -0.15) is 0 Å². The van der Waals surface area contributed by atoms with Crippen LogP contribution in [0.15, 0.2) is 18.2 Å². The van der Waals surface area contributed by atoms with Crippen LogP contribution in [0.5, 0.6) is 0 Å². The van der Waals surface area contributed by atoms with Crippen LogP contribution in [-0.4, -0.2) is 26.6 Å². The fourth-order valence-electron chi connectivity index (χ4n) is 2.24. The zero-order valence-corrected chi connectivity index (χ0v) is 13.5. The van der Waals surface area contributed by atoms with Crippen molar-refractivity contribution in [3.8, 4) is 0 Å². The van der Waals surface area contributed by atoms with Crippen molar-refractivity contribution in [3.63, 3.8) is 0 Å². The van der Waals surface area contributed by atoms with E-state index in [1.54, 1.807) is 18.2 Å². The average molecular weight is 331 g/mol. The van der Waals surface area contributed by atoms with Crippen molar-refractivity contribution < 1.29 is 13.2 Å². The summed E-state index contributed by atoms with van der Waals surface area (Å²) in [6, 6.07) is 4.90. The lowest BCUT2D eigenvalue weighted by molar-refractivity contribution is -0.116. The van der Waals surface area contributed by atoms with E-state index in [-0.39, 0.29) is 11.7 Å². The third-order valence-corrected chi connectivity index (χ3v) is 5.55. The molecule has 1 aliphatic heterocycles. The van der Waals surface area contributed by atoms with Crippen LogP contribution >= 0.6 is 11.6 Å². The Kier molecular flexibility index (Phi) is 5.11. The quantitative estimate of drug-likeness (QED) is 0.902. The maximum absolute atomic E-state index is 11.9. The average Bonchev–Trinajstić information content (AvgIpc) is 2.78. The minimum atomic E-state index is -3.22. The molecule has 1 fully saturated rings. The van der Waals surface area contributed by atoms with Crippen LogP contribution in [0, 0.1) is 0 Å². The molecule has 0 saturated carbocycles. The van der Waals surface area contributed by atoms with E-state index in [2.05, 4.69) is 5.32 Å². The maximum Gasteiger partial charge on any atom is 0.235 e. The van der Waals surface area contributed by atoms with Crippen LogP contribution < -0.4 is 9.62 Å². The molecule has 0 radical (unpaired) electrons. The summed E-state index contributed by atoms with van der Waals surface area (Å²) >= 11 is 6.14. The lowest BCUT2D eigenvalue weighted by Crippen LogP contribution is -2.25. The zero-order valence-electron chi connectivity index (χ0n) is 11.9. The largest absolute Gasteiger partial charge is 0.325 e.